The molecular formula is C13H19NO. The summed E-state index contributed by atoms with van der Waals surface area (Å²) < 4.78 is 5.55. The topological polar surface area (TPSA) is 12.5 Å². The number of hydrogen-bond donors (Lipinski definition) is 0. The summed E-state index contributed by atoms with van der Waals surface area (Å²) in [6, 6.07) is 6.65. The van der Waals surface area contributed by atoms with E-state index in [9.17, 15) is 0 Å². The Balaban J connectivity index is 2.21. The second kappa shape index (κ2) is 4.23. The highest BCUT2D eigenvalue weighted by Gasteiger charge is 2.17. The van der Waals surface area contributed by atoms with Gasteiger partial charge in [-0.15, -0.1) is 0 Å². The highest BCUT2D eigenvalue weighted by Crippen LogP contribution is 2.23. The Kier molecular flexibility index (Phi) is 2.96. The molecule has 0 aliphatic carbocycles. The van der Waals surface area contributed by atoms with Gasteiger partial charge in [0, 0.05) is 18.8 Å². The van der Waals surface area contributed by atoms with Crippen LogP contribution in [0.3, 0.4) is 0 Å². The van der Waals surface area contributed by atoms with Crippen molar-refractivity contribution >= 4 is 5.69 Å². The number of hydrogen-bond acceptors (Lipinski definition) is 2. The van der Waals surface area contributed by atoms with Gasteiger partial charge in [-0.05, 0) is 32.4 Å². The first kappa shape index (κ1) is 10.5. The van der Waals surface area contributed by atoms with Crippen LogP contribution in [0.5, 0.6) is 0 Å². The van der Waals surface area contributed by atoms with E-state index >= 15 is 0 Å². The Morgan fingerprint density at radius 1 is 1.33 bits per heavy atom. The minimum absolute atomic E-state index is 0.347. The van der Waals surface area contributed by atoms with Crippen LogP contribution >= 0.6 is 0 Å². The minimum atomic E-state index is 0.347. The SMILES string of the molecule is Cc1ccc(N2CCOC(C)C2)c(C)c1. The van der Waals surface area contributed by atoms with Crippen LogP contribution in [0.4, 0.5) is 5.69 Å². The molecule has 1 atom stereocenters. The predicted molar refractivity (Wildman–Crippen MR) is 63.5 cm³/mol. The fourth-order valence-corrected chi connectivity index (χ4v) is 2.20. The zero-order valence-electron chi connectivity index (χ0n) is 9.79. The molecule has 0 N–H and O–H groups in total. The highest BCUT2D eigenvalue weighted by atomic mass is 16.5. The molecular weight excluding hydrogens is 186 g/mol. The molecule has 2 nitrogen and oxygen atoms in total. The molecule has 1 aliphatic rings. The second-order valence-electron chi connectivity index (χ2n) is 4.42. The van der Waals surface area contributed by atoms with Gasteiger partial charge < -0.3 is 9.64 Å². The Hall–Kier alpha value is -1.02. The summed E-state index contributed by atoms with van der Waals surface area (Å²) in [6.07, 6.45) is 0.347. The van der Waals surface area contributed by atoms with Gasteiger partial charge in [-0.1, -0.05) is 17.7 Å². The summed E-state index contributed by atoms with van der Waals surface area (Å²) in [5.41, 5.74) is 4.05. The van der Waals surface area contributed by atoms with Crippen molar-refractivity contribution in [2.45, 2.75) is 26.9 Å². The number of rotatable bonds is 1. The average molecular weight is 205 g/mol. The molecule has 0 saturated carbocycles. The average Bonchev–Trinajstić information content (AvgIpc) is 2.17. The Morgan fingerprint density at radius 2 is 2.13 bits per heavy atom. The van der Waals surface area contributed by atoms with Crippen LogP contribution in [0.25, 0.3) is 0 Å². The maximum atomic E-state index is 5.55. The molecule has 1 heterocycles. The van der Waals surface area contributed by atoms with Crippen molar-refractivity contribution in [2.75, 3.05) is 24.6 Å². The van der Waals surface area contributed by atoms with Crippen LogP contribution in [0, 0.1) is 13.8 Å². The lowest BCUT2D eigenvalue weighted by atomic mass is 10.1. The summed E-state index contributed by atoms with van der Waals surface area (Å²) in [7, 11) is 0. The normalized spacial score (nSPS) is 21.8. The van der Waals surface area contributed by atoms with Gasteiger partial charge in [-0.2, -0.15) is 0 Å². The van der Waals surface area contributed by atoms with Crippen LogP contribution < -0.4 is 4.90 Å². The summed E-state index contributed by atoms with van der Waals surface area (Å²) >= 11 is 0. The summed E-state index contributed by atoms with van der Waals surface area (Å²) in [4.78, 5) is 2.42. The Labute approximate surface area is 91.9 Å². The van der Waals surface area contributed by atoms with E-state index in [1.165, 1.54) is 16.8 Å². The van der Waals surface area contributed by atoms with Gasteiger partial charge in [0.15, 0.2) is 0 Å². The van der Waals surface area contributed by atoms with Gasteiger partial charge in [0.25, 0.3) is 0 Å². The van der Waals surface area contributed by atoms with Gasteiger partial charge >= 0.3 is 0 Å². The maximum absolute atomic E-state index is 5.55. The van der Waals surface area contributed by atoms with Crippen molar-refractivity contribution in [1.29, 1.82) is 0 Å². The van der Waals surface area contributed by atoms with E-state index in [-0.39, 0.29) is 0 Å². The molecule has 0 aromatic heterocycles. The van der Waals surface area contributed by atoms with E-state index in [1.807, 2.05) is 0 Å². The standard InChI is InChI=1S/C13H19NO/c1-10-4-5-13(11(2)8-10)14-6-7-15-12(3)9-14/h4-5,8,12H,6-7,9H2,1-3H3. The molecule has 0 radical (unpaired) electrons. The number of nitrogens with zero attached hydrogens (tertiary/aromatic N) is 1. The summed E-state index contributed by atoms with van der Waals surface area (Å²) in [5.74, 6) is 0. The van der Waals surface area contributed by atoms with Crippen LogP contribution in [0.15, 0.2) is 18.2 Å². The number of morpholine rings is 1. The van der Waals surface area contributed by atoms with E-state index in [2.05, 4.69) is 43.9 Å². The van der Waals surface area contributed by atoms with Gasteiger partial charge in [-0.3, -0.25) is 0 Å². The lowest BCUT2D eigenvalue weighted by molar-refractivity contribution is 0.0532. The number of ether oxygens (including phenoxy) is 1. The third-order valence-corrected chi connectivity index (χ3v) is 2.93. The van der Waals surface area contributed by atoms with Crippen LogP contribution in [0.2, 0.25) is 0 Å². The molecule has 0 amide bonds. The van der Waals surface area contributed by atoms with E-state index in [1.54, 1.807) is 0 Å². The van der Waals surface area contributed by atoms with Gasteiger partial charge in [0.2, 0.25) is 0 Å². The van der Waals surface area contributed by atoms with E-state index in [0.29, 0.717) is 6.10 Å². The van der Waals surface area contributed by atoms with Crippen molar-refractivity contribution in [2.24, 2.45) is 0 Å². The largest absolute Gasteiger partial charge is 0.375 e. The second-order valence-corrected chi connectivity index (χ2v) is 4.42. The minimum Gasteiger partial charge on any atom is -0.375 e. The highest BCUT2D eigenvalue weighted by molar-refractivity contribution is 5.54. The molecule has 82 valence electrons. The Morgan fingerprint density at radius 3 is 2.80 bits per heavy atom. The van der Waals surface area contributed by atoms with Crippen molar-refractivity contribution in [3.63, 3.8) is 0 Å². The molecule has 1 aromatic carbocycles. The lowest BCUT2D eigenvalue weighted by Crippen LogP contribution is -2.41. The quantitative estimate of drug-likeness (QED) is 0.698. The van der Waals surface area contributed by atoms with Crippen LogP contribution in [-0.4, -0.2) is 25.8 Å². The van der Waals surface area contributed by atoms with E-state index in [0.717, 1.165) is 19.7 Å². The molecule has 1 aromatic rings. The molecule has 1 unspecified atom stereocenters. The van der Waals surface area contributed by atoms with Gasteiger partial charge in [-0.25, -0.2) is 0 Å². The maximum Gasteiger partial charge on any atom is 0.0722 e. The molecule has 1 aliphatic heterocycles. The summed E-state index contributed by atoms with van der Waals surface area (Å²) in [6.45, 7) is 9.31. The zero-order chi connectivity index (χ0) is 10.8. The van der Waals surface area contributed by atoms with Crippen molar-refractivity contribution in [1.82, 2.24) is 0 Å². The lowest BCUT2D eigenvalue weighted by Gasteiger charge is -2.34. The molecule has 0 bridgehead atoms. The van der Waals surface area contributed by atoms with Crippen LogP contribution in [0.1, 0.15) is 18.1 Å². The van der Waals surface area contributed by atoms with Crippen LogP contribution in [-0.2, 0) is 4.74 Å². The third kappa shape index (κ3) is 2.32. The number of aryl methyl sites for hydroxylation is 2. The first-order valence-corrected chi connectivity index (χ1v) is 5.60. The van der Waals surface area contributed by atoms with E-state index in [4.69, 9.17) is 4.74 Å². The van der Waals surface area contributed by atoms with Crippen molar-refractivity contribution in [3.05, 3.63) is 29.3 Å². The predicted octanol–water partition coefficient (Wildman–Crippen LogP) is 2.53. The molecule has 2 rings (SSSR count). The van der Waals surface area contributed by atoms with Crippen molar-refractivity contribution < 1.29 is 4.74 Å². The molecule has 0 spiro atoms. The third-order valence-electron chi connectivity index (χ3n) is 2.93. The molecule has 1 saturated heterocycles. The number of anilines is 1. The fourth-order valence-electron chi connectivity index (χ4n) is 2.20. The molecule has 15 heavy (non-hydrogen) atoms. The Bertz CT molecular complexity index is 348. The van der Waals surface area contributed by atoms with Gasteiger partial charge in [0.1, 0.15) is 0 Å². The zero-order valence-corrected chi connectivity index (χ0v) is 9.79. The summed E-state index contributed by atoms with van der Waals surface area (Å²) in [5, 5.41) is 0. The monoisotopic (exact) mass is 205 g/mol. The first-order valence-electron chi connectivity index (χ1n) is 5.60. The fraction of sp³-hybridized carbons (Fsp3) is 0.538. The smallest absolute Gasteiger partial charge is 0.0722 e. The van der Waals surface area contributed by atoms with Crippen molar-refractivity contribution in [3.8, 4) is 0 Å². The van der Waals surface area contributed by atoms with E-state index < -0.39 is 0 Å². The molecule has 2 heteroatoms. The molecule has 1 fully saturated rings. The first-order chi connectivity index (χ1) is 7.16. The number of benzene rings is 1. The van der Waals surface area contributed by atoms with Gasteiger partial charge in [0.05, 0.1) is 12.7 Å².